The molecule has 5 rings (SSSR count). The molecule has 1 N–H and O–H groups in total. The lowest BCUT2D eigenvalue weighted by molar-refractivity contribution is 0.250. The highest BCUT2D eigenvalue weighted by molar-refractivity contribution is 5.96. The molecule has 0 amide bonds. The molecule has 4 heterocycles. The number of nitrogens with one attached hydrogen (secondary N) is 1. The molecule has 3 aromatic rings. The van der Waals surface area contributed by atoms with Crippen molar-refractivity contribution in [2.75, 3.05) is 65.4 Å². The molecular weight excluding hydrogens is 450 g/mol. The number of nitrogens with zero attached hydrogens (tertiary/aromatic N) is 4. The summed E-state index contributed by atoms with van der Waals surface area (Å²) < 4.78 is 12.1. The number of aromatic amines is 1. The Morgan fingerprint density at radius 2 is 1.81 bits per heavy atom. The highest BCUT2D eigenvalue weighted by atomic mass is 16.5. The van der Waals surface area contributed by atoms with E-state index in [2.05, 4.69) is 71.0 Å². The zero-order chi connectivity index (χ0) is 25.1. The summed E-state index contributed by atoms with van der Waals surface area (Å²) in [6.07, 6.45) is 5.97. The first kappa shape index (κ1) is 24.9. The van der Waals surface area contributed by atoms with Crippen LogP contribution in [0.1, 0.15) is 37.8 Å². The zero-order valence-electron chi connectivity index (χ0n) is 22.3. The van der Waals surface area contributed by atoms with Crippen LogP contribution in [0, 0.1) is 6.92 Å². The molecule has 2 aromatic heterocycles. The highest BCUT2D eigenvalue weighted by Gasteiger charge is 2.24. The van der Waals surface area contributed by atoms with Crippen molar-refractivity contribution in [1.29, 1.82) is 0 Å². The molecule has 0 unspecified atom stereocenters. The molecule has 0 spiro atoms. The topological polar surface area (TPSA) is 56.9 Å². The predicted molar refractivity (Wildman–Crippen MR) is 148 cm³/mol. The smallest absolute Gasteiger partial charge is 0.163 e. The van der Waals surface area contributed by atoms with Crippen LogP contribution in [-0.2, 0) is 0 Å². The molecule has 0 bridgehead atoms. The molecule has 194 valence electrons. The summed E-state index contributed by atoms with van der Waals surface area (Å²) in [4.78, 5) is 15.9. The van der Waals surface area contributed by atoms with E-state index in [1.54, 1.807) is 7.11 Å². The summed E-state index contributed by atoms with van der Waals surface area (Å²) in [5.74, 6) is 1.55. The lowest BCUT2D eigenvalue weighted by Gasteiger charge is -2.37. The minimum atomic E-state index is 0.634. The van der Waals surface area contributed by atoms with Crippen molar-refractivity contribution in [3.8, 4) is 22.9 Å². The van der Waals surface area contributed by atoms with Crippen molar-refractivity contribution in [3.05, 3.63) is 36.0 Å². The Hall–Kier alpha value is -2.77. The van der Waals surface area contributed by atoms with E-state index in [1.165, 1.54) is 31.6 Å². The molecule has 7 nitrogen and oxygen atoms in total. The number of pyridine rings is 1. The van der Waals surface area contributed by atoms with Crippen LogP contribution in [0.15, 0.2) is 30.3 Å². The van der Waals surface area contributed by atoms with Gasteiger partial charge in [-0.05, 0) is 90.5 Å². The second kappa shape index (κ2) is 11.1. The number of hydrogen-bond acceptors (Lipinski definition) is 6. The van der Waals surface area contributed by atoms with Gasteiger partial charge in [0.2, 0.25) is 0 Å². The molecule has 2 aliphatic rings. The van der Waals surface area contributed by atoms with Crippen LogP contribution in [0.5, 0.6) is 11.5 Å². The number of aryl methyl sites for hydroxylation is 1. The maximum atomic E-state index is 6.25. The van der Waals surface area contributed by atoms with Crippen LogP contribution < -0.4 is 14.4 Å². The Morgan fingerprint density at radius 3 is 2.47 bits per heavy atom. The minimum Gasteiger partial charge on any atom is -0.493 e. The van der Waals surface area contributed by atoms with Crippen molar-refractivity contribution in [3.63, 3.8) is 0 Å². The van der Waals surface area contributed by atoms with Gasteiger partial charge in [-0.2, -0.15) is 0 Å². The zero-order valence-corrected chi connectivity index (χ0v) is 22.3. The molecule has 0 aliphatic carbocycles. The molecule has 0 saturated carbocycles. The summed E-state index contributed by atoms with van der Waals surface area (Å²) in [7, 11) is 6.10. The molecule has 0 atom stereocenters. The van der Waals surface area contributed by atoms with Gasteiger partial charge < -0.3 is 29.2 Å². The number of rotatable bonds is 9. The van der Waals surface area contributed by atoms with E-state index < -0.39 is 0 Å². The van der Waals surface area contributed by atoms with Crippen molar-refractivity contribution in [1.82, 2.24) is 19.8 Å². The van der Waals surface area contributed by atoms with E-state index in [4.69, 9.17) is 14.5 Å². The summed E-state index contributed by atoms with van der Waals surface area (Å²) in [5, 5.41) is 1.12. The summed E-state index contributed by atoms with van der Waals surface area (Å²) in [5.41, 5.74) is 5.31. The number of H-pyrrole nitrogens is 1. The number of ether oxygens (including phenoxy) is 2. The molecule has 0 radical (unpaired) electrons. The lowest BCUT2D eigenvalue weighted by atomic mass is 10.0. The van der Waals surface area contributed by atoms with Crippen LogP contribution in [0.2, 0.25) is 0 Å². The fraction of sp³-hybridized carbons (Fsp3) is 0.552. The van der Waals surface area contributed by atoms with Crippen LogP contribution in [0.25, 0.3) is 22.3 Å². The second-order valence-corrected chi connectivity index (χ2v) is 10.5. The lowest BCUT2D eigenvalue weighted by Crippen LogP contribution is -2.42. The Balaban J connectivity index is 1.45. The Morgan fingerprint density at radius 1 is 1.03 bits per heavy atom. The first-order valence-electron chi connectivity index (χ1n) is 13.5. The summed E-state index contributed by atoms with van der Waals surface area (Å²) >= 11 is 0. The third kappa shape index (κ3) is 5.47. The monoisotopic (exact) mass is 491 g/mol. The number of fused-ring (bicyclic) bond motifs is 1. The van der Waals surface area contributed by atoms with Crippen LogP contribution in [-0.4, -0.2) is 86.3 Å². The molecule has 2 aliphatic heterocycles. The van der Waals surface area contributed by atoms with Gasteiger partial charge in [-0.25, -0.2) is 4.98 Å². The Labute approximate surface area is 215 Å². The Kier molecular flexibility index (Phi) is 7.67. The SMILES string of the molecule is COc1cc2c(N3CCC(N(C)C)CC3)cc(-c3ccc(C)[nH]3)nc2cc1OCCCN1CCCC1. The van der Waals surface area contributed by atoms with E-state index in [0.29, 0.717) is 12.6 Å². The van der Waals surface area contributed by atoms with Gasteiger partial charge >= 0.3 is 0 Å². The van der Waals surface area contributed by atoms with Crippen molar-refractivity contribution in [2.24, 2.45) is 0 Å². The van der Waals surface area contributed by atoms with E-state index in [0.717, 1.165) is 78.4 Å². The van der Waals surface area contributed by atoms with Gasteiger partial charge in [0.1, 0.15) is 0 Å². The minimum absolute atomic E-state index is 0.634. The average Bonchev–Trinajstić information content (AvgIpc) is 3.57. The number of piperidine rings is 1. The van der Waals surface area contributed by atoms with Gasteiger partial charge in [-0.1, -0.05) is 0 Å². The molecule has 2 saturated heterocycles. The number of benzene rings is 1. The molecular formula is C29H41N5O2. The average molecular weight is 492 g/mol. The van der Waals surface area contributed by atoms with Gasteiger partial charge in [-0.15, -0.1) is 0 Å². The number of methoxy groups -OCH3 is 1. The number of hydrogen-bond donors (Lipinski definition) is 1. The predicted octanol–water partition coefficient (Wildman–Crippen LogP) is 4.94. The first-order chi connectivity index (χ1) is 17.5. The summed E-state index contributed by atoms with van der Waals surface area (Å²) in [6, 6.07) is 11.3. The van der Waals surface area contributed by atoms with Gasteiger partial charge in [0, 0.05) is 48.5 Å². The van der Waals surface area contributed by atoms with Crippen LogP contribution in [0.3, 0.4) is 0 Å². The first-order valence-corrected chi connectivity index (χ1v) is 13.5. The van der Waals surface area contributed by atoms with Gasteiger partial charge in [0.15, 0.2) is 11.5 Å². The van der Waals surface area contributed by atoms with E-state index in [1.807, 2.05) is 0 Å². The second-order valence-electron chi connectivity index (χ2n) is 10.5. The van der Waals surface area contributed by atoms with Gasteiger partial charge in [-0.3, -0.25) is 0 Å². The molecule has 36 heavy (non-hydrogen) atoms. The van der Waals surface area contributed by atoms with E-state index in [-0.39, 0.29) is 0 Å². The number of likely N-dealkylation sites (tertiary alicyclic amines) is 1. The Bertz CT molecular complexity index is 1160. The number of anilines is 1. The summed E-state index contributed by atoms with van der Waals surface area (Å²) in [6.45, 7) is 8.36. The quantitative estimate of drug-likeness (QED) is 0.428. The number of aromatic nitrogens is 2. The normalized spacial score (nSPS) is 17.4. The van der Waals surface area contributed by atoms with E-state index >= 15 is 0 Å². The fourth-order valence-corrected chi connectivity index (χ4v) is 5.64. The largest absolute Gasteiger partial charge is 0.493 e. The maximum absolute atomic E-state index is 6.25. The standard InChI is InChI=1S/C29H41N5O2/c1-21-8-9-24(30-21)26-19-27(34-15-10-22(11-16-34)32(2)3)23-18-28(35-4)29(20-25(23)31-26)36-17-7-14-33-12-5-6-13-33/h8-9,18-20,22,30H,5-7,10-17H2,1-4H3. The van der Waals surface area contributed by atoms with Gasteiger partial charge in [0.25, 0.3) is 0 Å². The third-order valence-electron chi connectivity index (χ3n) is 7.79. The van der Waals surface area contributed by atoms with E-state index in [9.17, 15) is 0 Å². The van der Waals surface area contributed by atoms with Gasteiger partial charge in [0.05, 0.1) is 30.6 Å². The molecule has 2 fully saturated rings. The van der Waals surface area contributed by atoms with Crippen LogP contribution in [0.4, 0.5) is 5.69 Å². The molecule has 7 heteroatoms. The fourth-order valence-electron chi connectivity index (χ4n) is 5.64. The van der Waals surface area contributed by atoms with Crippen molar-refractivity contribution >= 4 is 16.6 Å². The van der Waals surface area contributed by atoms with Crippen LogP contribution >= 0.6 is 0 Å². The van der Waals surface area contributed by atoms with Crippen molar-refractivity contribution < 1.29 is 9.47 Å². The highest BCUT2D eigenvalue weighted by Crippen LogP contribution is 2.39. The van der Waals surface area contributed by atoms with Crippen molar-refractivity contribution in [2.45, 2.75) is 45.1 Å². The molecule has 1 aromatic carbocycles. The maximum Gasteiger partial charge on any atom is 0.163 e. The third-order valence-corrected chi connectivity index (χ3v) is 7.79.